The van der Waals surface area contributed by atoms with Crippen LogP contribution in [0.2, 0.25) is 15.3 Å². The maximum Gasteiger partial charge on any atom is 0.288 e. The Labute approximate surface area is 133 Å². The lowest BCUT2D eigenvalue weighted by atomic mass is 10.2. The summed E-state index contributed by atoms with van der Waals surface area (Å²) in [5, 5.41) is 12.7. The van der Waals surface area contributed by atoms with Gasteiger partial charge in [-0.2, -0.15) is 0 Å². The number of rotatable bonds is 3. The Kier molecular flexibility index (Phi) is 4.56. The van der Waals surface area contributed by atoms with Gasteiger partial charge in [0.15, 0.2) is 10.3 Å². The van der Waals surface area contributed by atoms with Crippen LogP contribution in [0.25, 0.3) is 0 Å². The number of nitrogens with zero attached hydrogens (tertiary/aromatic N) is 3. The van der Waals surface area contributed by atoms with Crippen LogP contribution in [0.5, 0.6) is 0 Å². The molecule has 10 heteroatoms. The van der Waals surface area contributed by atoms with Crippen LogP contribution in [0.15, 0.2) is 24.5 Å². The number of halogens is 3. The van der Waals surface area contributed by atoms with E-state index in [1.54, 1.807) is 0 Å². The number of anilines is 1. The van der Waals surface area contributed by atoms with Gasteiger partial charge in [0.05, 0.1) is 10.5 Å². The fourth-order valence-corrected chi connectivity index (χ4v) is 2.15. The molecule has 1 aromatic carbocycles. The molecule has 0 unspecified atom stereocenters. The minimum atomic E-state index is -0.720. The summed E-state index contributed by atoms with van der Waals surface area (Å²) in [5.74, 6) is -0.720. The van der Waals surface area contributed by atoms with E-state index in [4.69, 9.17) is 34.8 Å². The van der Waals surface area contributed by atoms with Crippen molar-refractivity contribution in [1.82, 2.24) is 9.97 Å². The second kappa shape index (κ2) is 6.21. The Balaban J connectivity index is 2.38. The highest BCUT2D eigenvalue weighted by Gasteiger charge is 2.21. The molecule has 1 heterocycles. The van der Waals surface area contributed by atoms with E-state index in [2.05, 4.69) is 15.3 Å². The first-order valence-corrected chi connectivity index (χ1v) is 6.45. The van der Waals surface area contributed by atoms with Crippen LogP contribution in [0.1, 0.15) is 10.4 Å². The summed E-state index contributed by atoms with van der Waals surface area (Å²) in [4.78, 5) is 29.6. The molecular formula is C11H5Cl3N4O3. The van der Waals surface area contributed by atoms with Crippen molar-refractivity contribution in [2.24, 2.45) is 0 Å². The maximum absolute atomic E-state index is 12.1. The first-order chi connectivity index (χ1) is 9.91. The van der Waals surface area contributed by atoms with Crippen LogP contribution >= 0.6 is 34.8 Å². The summed E-state index contributed by atoms with van der Waals surface area (Å²) in [6.45, 7) is 0. The highest BCUT2D eigenvalue weighted by Crippen LogP contribution is 2.30. The van der Waals surface area contributed by atoms with Gasteiger partial charge in [-0.1, -0.05) is 40.9 Å². The molecule has 0 fully saturated rings. The molecule has 21 heavy (non-hydrogen) atoms. The zero-order chi connectivity index (χ0) is 15.6. The lowest BCUT2D eigenvalue weighted by Gasteiger charge is -2.08. The van der Waals surface area contributed by atoms with Gasteiger partial charge in [-0.15, -0.1) is 0 Å². The number of aromatic nitrogens is 2. The van der Waals surface area contributed by atoms with Gasteiger partial charge >= 0.3 is 0 Å². The van der Waals surface area contributed by atoms with E-state index in [1.807, 2.05) is 0 Å². The van der Waals surface area contributed by atoms with Crippen molar-refractivity contribution in [2.45, 2.75) is 0 Å². The predicted molar refractivity (Wildman–Crippen MR) is 78.1 cm³/mol. The number of carbonyl (C=O) groups is 1. The van der Waals surface area contributed by atoms with Crippen molar-refractivity contribution < 1.29 is 9.72 Å². The molecule has 0 aliphatic heterocycles. The lowest BCUT2D eigenvalue weighted by Crippen LogP contribution is -2.14. The van der Waals surface area contributed by atoms with E-state index in [9.17, 15) is 14.9 Å². The average Bonchev–Trinajstić information content (AvgIpc) is 2.42. The number of amides is 1. The first kappa shape index (κ1) is 15.4. The molecule has 0 saturated carbocycles. The van der Waals surface area contributed by atoms with Crippen LogP contribution in [-0.2, 0) is 0 Å². The van der Waals surface area contributed by atoms with Crippen LogP contribution in [-0.4, -0.2) is 20.8 Å². The normalized spacial score (nSPS) is 10.2. The van der Waals surface area contributed by atoms with Gasteiger partial charge in [0.1, 0.15) is 17.0 Å². The fourth-order valence-electron chi connectivity index (χ4n) is 1.46. The number of nitro benzene ring substituents is 1. The van der Waals surface area contributed by atoms with Crippen molar-refractivity contribution in [1.29, 1.82) is 0 Å². The van der Waals surface area contributed by atoms with Gasteiger partial charge in [0.25, 0.3) is 11.6 Å². The SMILES string of the molecule is O=C(Nc1c(Cl)ncnc1Cl)c1cccc([N+](=O)[O-])c1Cl. The molecule has 0 aliphatic carbocycles. The smallest absolute Gasteiger partial charge is 0.288 e. The molecular weight excluding hydrogens is 343 g/mol. The van der Waals surface area contributed by atoms with Crippen LogP contribution in [0.3, 0.4) is 0 Å². The van der Waals surface area contributed by atoms with E-state index in [-0.39, 0.29) is 32.3 Å². The van der Waals surface area contributed by atoms with E-state index in [0.717, 1.165) is 6.33 Å². The molecule has 0 bridgehead atoms. The Morgan fingerprint density at radius 2 is 1.81 bits per heavy atom. The largest absolute Gasteiger partial charge is 0.317 e. The van der Waals surface area contributed by atoms with Gasteiger partial charge in [0, 0.05) is 6.07 Å². The Hall–Kier alpha value is -1.96. The summed E-state index contributed by atoms with van der Waals surface area (Å²) in [6, 6.07) is 3.85. The summed E-state index contributed by atoms with van der Waals surface area (Å²) in [6.07, 6.45) is 1.13. The Bertz CT molecular complexity index is 718. The highest BCUT2D eigenvalue weighted by atomic mass is 35.5. The number of nitrogens with one attached hydrogen (secondary N) is 1. The molecule has 0 aliphatic rings. The van der Waals surface area contributed by atoms with E-state index >= 15 is 0 Å². The summed E-state index contributed by atoms with van der Waals surface area (Å²) in [7, 11) is 0. The van der Waals surface area contributed by atoms with E-state index in [0.29, 0.717) is 0 Å². The zero-order valence-electron chi connectivity index (χ0n) is 10.0. The molecule has 108 valence electrons. The van der Waals surface area contributed by atoms with E-state index in [1.165, 1.54) is 18.2 Å². The minimum Gasteiger partial charge on any atom is -0.317 e. The fraction of sp³-hybridized carbons (Fsp3) is 0. The Morgan fingerprint density at radius 3 is 2.38 bits per heavy atom. The van der Waals surface area contributed by atoms with Crippen LogP contribution in [0, 0.1) is 10.1 Å². The average molecular weight is 348 g/mol. The molecule has 0 atom stereocenters. The Morgan fingerprint density at radius 1 is 1.19 bits per heavy atom. The molecule has 2 rings (SSSR count). The van der Waals surface area contributed by atoms with Crippen LogP contribution in [0.4, 0.5) is 11.4 Å². The predicted octanol–water partition coefficient (Wildman–Crippen LogP) is 3.60. The third kappa shape index (κ3) is 3.21. The van der Waals surface area contributed by atoms with Crippen molar-refractivity contribution in [3.63, 3.8) is 0 Å². The van der Waals surface area contributed by atoms with Gasteiger partial charge in [0.2, 0.25) is 0 Å². The first-order valence-electron chi connectivity index (χ1n) is 5.32. The highest BCUT2D eigenvalue weighted by molar-refractivity contribution is 6.39. The third-order valence-electron chi connectivity index (χ3n) is 2.41. The standard InChI is InChI=1S/C11H5Cl3N4O3/c12-7-5(2-1-3-6(7)18(20)21)11(19)17-8-9(13)15-4-16-10(8)14/h1-4H,(H,17,19). The van der Waals surface area contributed by atoms with Crippen molar-refractivity contribution in [3.05, 3.63) is 55.5 Å². The molecule has 0 radical (unpaired) electrons. The summed E-state index contributed by atoms with van der Waals surface area (Å²) in [5.41, 5.74) is -0.485. The quantitative estimate of drug-likeness (QED) is 0.519. The second-order valence-electron chi connectivity index (χ2n) is 3.68. The number of benzene rings is 1. The van der Waals surface area contributed by atoms with Crippen molar-refractivity contribution in [2.75, 3.05) is 5.32 Å². The molecule has 2 aromatic rings. The number of carbonyl (C=O) groups excluding carboxylic acids is 1. The summed E-state index contributed by atoms with van der Waals surface area (Å²) < 4.78 is 0. The molecule has 1 amide bonds. The summed E-state index contributed by atoms with van der Waals surface area (Å²) >= 11 is 17.4. The van der Waals surface area contributed by atoms with Gasteiger partial charge in [-0.05, 0) is 6.07 Å². The van der Waals surface area contributed by atoms with Crippen molar-refractivity contribution in [3.8, 4) is 0 Å². The lowest BCUT2D eigenvalue weighted by molar-refractivity contribution is -0.384. The molecule has 1 N–H and O–H groups in total. The molecule has 7 nitrogen and oxygen atoms in total. The maximum atomic E-state index is 12.1. The van der Waals surface area contributed by atoms with Crippen LogP contribution < -0.4 is 5.32 Å². The molecule has 0 spiro atoms. The second-order valence-corrected chi connectivity index (χ2v) is 4.77. The molecule has 0 saturated heterocycles. The van der Waals surface area contributed by atoms with Crippen molar-refractivity contribution >= 4 is 52.1 Å². The topological polar surface area (TPSA) is 98.0 Å². The third-order valence-corrected chi connectivity index (χ3v) is 3.38. The molecule has 1 aromatic heterocycles. The zero-order valence-corrected chi connectivity index (χ0v) is 12.3. The van der Waals surface area contributed by atoms with Gasteiger partial charge in [-0.25, -0.2) is 9.97 Å². The number of hydrogen-bond acceptors (Lipinski definition) is 5. The van der Waals surface area contributed by atoms with E-state index < -0.39 is 10.8 Å². The monoisotopic (exact) mass is 346 g/mol. The van der Waals surface area contributed by atoms with Gasteiger partial charge < -0.3 is 5.32 Å². The number of nitro groups is 1. The minimum absolute atomic E-state index is 0.00611. The number of hydrogen-bond donors (Lipinski definition) is 1. The van der Waals surface area contributed by atoms with Gasteiger partial charge in [-0.3, -0.25) is 14.9 Å².